The molecule has 2 rings (SSSR count). The molecule has 8 heteroatoms. The van der Waals surface area contributed by atoms with Crippen LogP contribution in [0.4, 0.5) is 5.69 Å². The lowest BCUT2D eigenvalue weighted by Crippen LogP contribution is -2.34. The van der Waals surface area contributed by atoms with Crippen molar-refractivity contribution in [3.63, 3.8) is 0 Å². The molecule has 1 fully saturated rings. The minimum Gasteiger partial charge on any atom is -0.376 e. The monoisotopic (exact) mass is 343 g/mol. The first-order chi connectivity index (χ1) is 10.5. The fourth-order valence-corrected chi connectivity index (χ4v) is 3.42. The summed E-state index contributed by atoms with van der Waals surface area (Å²) in [5.41, 5.74) is 0.736. The fourth-order valence-electron chi connectivity index (χ4n) is 2.18. The Kier molecular flexibility index (Phi) is 6.13. The maximum absolute atomic E-state index is 11.8. The van der Waals surface area contributed by atoms with Crippen LogP contribution in [-0.2, 0) is 14.8 Å². The minimum absolute atomic E-state index is 0.215. The molecule has 1 saturated heterocycles. The molecular weight excluding hydrogens is 322 g/mol. The first-order valence-corrected chi connectivity index (χ1v) is 9.16. The van der Waals surface area contributed by atoms with Gasteiger partial charge in [-0.25, -0.2) is 13.1 Å². The minimum atomic E-state index is -3.42. The predicted molar refractivity (Wildman–Crippen MR) is 90.5 cm³/mol. The van der Waals surface area contributed by atoms with Gasteiger partial charge in [0.05, 0.1) is 11.0 Å². The maximum Gasteiger partial charge on any atom is 0.240 e. The van der Waals surface area contributed by atoms with Crippen LogP contribution in [0.3, 0.4) is 0 Å². The highest BCUT2D eigenvalue weighted by atomic mass is 32.2. The van der Waals surface area contributed by atoms with Crippen molar-refractivity contribution in [2.75, 3.05) is 25.0 Å². The van der Waals surface area contributed by atoms with Gasteiger partial charge in [-0.05, 0) is 49.3 Å². The molecule has 22 heavy (non-hydrogen) atoms. The molecule has 0 spiro atoms. The summed E-state index contributed by atoms with van der Waals surface area (Å²) >= 11 is 5.21. The van der Waals surface area contributed by atoms with Gasteiger partial charge in [-0.15, -0.1) is 0 Å². The molecule has 0 saturated carbocycles. The Morgan fingerprint density at radius 2 is 2.09 bits per heavy atom. The number of rotatable bonds is 6. The molecule has 1 aliphatic rings. The Morgan fingerprint density at radius 1 is 1.36 bits per heavy atom. The number of hydrogen-bond acceptors (Lipinski definition) is 4. The van der Waals surface area contributed by atoms with Crippen molar-refractivity contribution in [1.29, 1.82) is 0 Å². The van der Waals surface area contributed by atoms with E-state index >= 15 is 0 Å². The fraction of sp³-hybridized carbons (Fsp3) is 0.500. The van der Waals surface area contributed by atoms with E-state index in [-0.39, 0.29) is 11.0 Å². The van der Waals surface area contributed by atoms with Crippen LogP contribution in [0.2, 0.25) is 0 Å². The Balaban J connectivity index is 1.86. The molecule has 0 aliphatic carbocycles. The van der Waals surface area contributed by atoms with Crippen LogP contribution in [0.15, 0.2) is 29.2 Å². The summed E-state index contributed by atoms with van der Waals surface area (Å²) in [4.78, 5) is 0.234. The maximum atomic E-state index is 11.8. The molecule has 1 aromatic carbocycles. The van der Waals surface area contributed by atoms with Crippen molar-refractivity contribution in [3.05, 3.63) is 24.3 Å². The number of nitrogens with one attached hydrogen (secondary N) is 3. The van der Waals surface area contributed by atoms with Crippen LogP contribution < -0.4 is 15.4 Å². The van der Waals surface area contributed by atoms with Gasteiger partial charge in [0.1, 0.15) is 0 Å². The van der Waals surface area contributed by atoms with Crippen LogP contribution in [0, 0.1) is 0 Å². The molecule has 0 amide bonds. The van der Waals surface area contributed by atoms with Gasteiger partial charge >= 0.3 is 0 Å². The zero-order chi connectivity index (χ0) is 16.0. The molecule has 1 aromatic rings. The summed E-state index contributed by atoms with van der Waals surface area (Å²) in [5, 5.41) is 6.63. The molecule has 0 radical (unpaired) electrons. The SMILES string of the molecule is CCNS(=O)(=O)c1ccc(NC(=S)NC[C@@H]2CCCO2)cc1. The van der Waals surface area contributed by atoms with Crippen LogP contribution in [0.1, 0.15) is 19.8 Å². The van der Waals surface area contributed by atoms with E-state index in [1.54, 1.807) is 31.2 Å². The highest BCUT2D eigenvalue weighted by Crippen LogP contribution is 2.14. The summed E-state index contributed by atoms with van der Waals surface area (Å²) in [5.74, 6) is 0. The molecule has 0 unspecified atom stereocenters. The van der Waals surface area contributed by atoms with Gasteiger partial charge in [-0.3, -0.25) is 0 Å². The molecule has 1 atom stereocenters. The van der Waals surface area contributed by atoms with Crippen molar-refractivity contribution in [3.8, 4) is 0 Å². The summed E-state index contributed by atoms with van der Waals surface area (Å²) in [7, 11) is -3.42. The number of ether oxygens (including phenoxy) is 1. The van der Waals surface area contributed by atoms with Crippen molar-refractivity contribution in [2.45, 2.75) is 30.8 Å². The van der Waals surface area contributed by atoms with Crippen LogP contribution in [0.5, 0.6) is 0 Å². The second-order valence-corrected chi connectivity index (χ2v) is 7.17. The van der Waals surface area contributed by atoms with Crippen molar-refractivity contribution in [2.24, 2.45) is 0 Å². The summed E-state index contributed by atoms with van der Waals surface area (Å²) in [6.45, 7) is 3.60. The smallest absolute Gasteiger partial charge is 0.240 e. The summed E-state index contributed by atoms with van der Waals surface area (Å²) < 4.78 is 31.6. The first kappa shape index (κ1) is 17.1. The standard InChI is InChI=1S/C14H21N3O3S2/c1-2-16-22(18,19)13-7-5-11(6-8-13)17-14(21)15-10-12-4-3-9-20-12/h5-8,12,16H,2-4,9-10H2,1H3,(H2,15,17,21)/t12-/m0/s1. The van der Waals surface area contributed by atoms with Gasteiger partial charge < -0.3 is 15.4 Å². The second-order valence-electron chi connectivity index (χ2n) is 5.00. The van der Waals surface area contributed by atoms with E-state index in [2.05, 4.69) is 15.4 Å². The van der Waals surface area contributed by atoms with E-state index in [9.17, 15) is 8.42 Å². The molecule has 1 aliphatic heterocycles. The largest absolute Gasteiger partial charge is 0.376 e. The molecule has 6 nitrogen and oxygen atoms in total. The predicted octanol–water partition coefficient (Wildman–Crippen LogP) is 1.45. The van der Waals surface area contributed by atoms with Crippen molar-refractivity contribution in [1.82, 2.24) is 10.0 Å². The van der Waals surface area contributed by atoms with Crippen LogP contribution in [-0.4, -0.2) is 39.3 Å². The van der Waals surface area contributed by atoms with Gasteiger partial charge in [0.15, 0.2) is 5.11 Å². The third-order valence-corrected chi connectivity index (χ3v) is 5.08. The molecular formula is C14H21N3O3S2. The Labute approximate surface area is 136 Å². The number of sulfonamides is 1. The molecule has 0 aromatic heterocycles. The average Bonchev–Trinajstić information content (AvgIpc) is 2.99. The highest BCUT2D eigenvalue weighted by Gasteiger charge is 2.15. The Bertz CT molecular complexity index is 596. The van der Waals surface area contributed by atoms with E-state index in [0.717, 1.165) is 25.1 Å². The van der Waals surface area contributed by atoms with E-state index in [1.807, 2.05) is 0 Å². The average molecular weight is 343 g/mol. The third kappa shape index (κ3) is 4.91. The van der Waals surface area contributed by atoms with Crippen molar-refractivity contribution >= 4 is 33.0 Å². The van der Waals surface area contributed by atoms with Crippen LogP contribution in [0.25, 0.3) is 0 Å². The summed E-state index contributed by atoms with van der Waals surface area (Å²) in [6, 6.07) is 6.46. The van der Waals surface area contributed by atoms with Gasteiger partial charge in [0, 0.05) is 25.4 Å². The highest BCUT2D eigenvalue weighted by molar-refractivity contribution is 7.89. The lowest BCUT2D eigenvalue weighted by Gasteiger charge is -2.14. The Morgan fingerprint density at radius 3 is 2.68 bits per heavy atom. The zero-order valence-corrected chi connectivity index (χ0v) is 14.1. The van der Waals surface area contributed by atoms with E-state index in [4.69, 9.17) is 17.0 Å². The second kappa shape index (κ2) is 7.87. The topological polar surface area (TPSA) is 79.5 Å². The lowest BCUT2D eigenvalue weighted by atomic mass is 10.2. The molecule has 1 heterocycles. The molecule has 122 valence electrons. The van der Waals surface area contributed by atoms with Gasteiger partial charge in [-0.2, -0.15) is 0 Å². The normalized spacial score (nSPS) is 18.1. The summed E-state index contributed by atoms with van der Waals surface area (Å²) in [6.07, 6.45) is 2.35. The van der Waals surface area contributed by atoms with Crippen LogP contribution >= 0.6 is 12.2 Å². The van der Waals surface area contributed by atoms with Gasteiger partial charge in [0.2, 0.25) is 10.0 Å². The van der Waals surface area contributed by atoms with E-state index in [0.29, 0.717) is 18.2 Å². The Hall–Kier alpha value is -1.22. The van der Waals surface area contributed by atoms with E-state index < -0.39 is 10.0 Å². The molecule has 0 bridgehead atoms. The lowest BCUT2D eigenvalue weighted by molar-refractivity contribution is 0.114. The number of anilines is 1. The number of hydrogen-bond donors (Lipinski definition) is 3. The molecule has 3 N–H and O–H groups in total. The van der Waals surface area contributed by atoms with Gasteiger partial charge in [-0.1, -0.05) is 6.92 Å². The zero-order valence-electron chi connectivity index (χ0n) is 12.5. The van der Waals surface area contributed by atoms with Crippen molar-refractivity contribution < 1.29 is 13.2 Å². The first-order valence-electron chi connectivity index (χ1n) is 7.27. The van der Waals surface area contributed by atoms with E-state index in [1.165, 1.54) is 0 Å². The number of thiocarbonyl (C=S) groups is 1. The van der Waals surface area contributed by atoms with Gasteiger partial charge in [0.25, 0.3) is 0 Å². The quantitative estimate of drug-likeness (QED) is 0.679. The third-order valence-electron chi connectivity index (χ3n) is 3.27. The number of benzene rings is 1.